The van der Waals surface area contributed by atoms with Crippen LogP contribution in [0.15, 0.2) is 39.6 Å². The summed E-state index contributed by atoms with van der Waals surface area (Å²) in [7, 11) is 0. The number of hydrogen-bond donors (Lipinski definition) is 2. The number of nitrogens with zero attached hydrogens (tertiary/aromatic N) is 1. The maximum atomic E-state index is 12.4. The van der Waals surface area contributed by atoms with Gasteiger partial charge in [0.05, 0.1) is 5.39 Å². The van der Waals surface area contributed by atoms with Gasteiger partial charge in [-0.2, -0.15) is 0 Å². The predicted octanol–water partition coefficient (Wildman–Crippen LogP) is 3.53. The van der Waals surface area contributed by atoms with Crippen molar-refractivity contribution in [3.8, 4) is 11.1 Å². The summed E-state index contributed by atoms with van der Waals surface area (Å²) in [5.74, 6) is -0.940. The second-order valence-corrected chi connectivity index (χ2v) is 7.35. The van der Waals surface area contributed by atoms with Gasteiger partial charge in [0.1, 0.15) is 10.1 Å². The number of thioether (sulfide) groups is 1. The number of aliphatic carboxylic acids is 1. The third-order valence-electron chi connectivity index (χ3n) is 3.42. The molecule has 7 heteroatoms. The summed E-state index contributed by atoms with van der Waals surface area (Å²) in [5.41, 5.74) is 2.73. The van der Waals surface area contributed by atoms with Crippen molar-refractivity contribution in [2.24, 2.45) is 0 Å². The van der Waals surface area contributed by atoms with E-state index >= 15 is 0 Å². The number of hydrogen-bond acceptors (Lipinski definition) is 5. The van der Waals surface area contributed by atoms with E-state index in [-0.39, 0.29) is 5.56 Å². The molecule has 5 nitrogen and oxygen atoms in total. The van der Waals surface area contributed by atoms with Crippen LogP contribution in [0.2, 0.25) is 0 Å². The minimum atomic E-state index is -0.940. The van der Waals surface area contributed by atoms with E-state index in [1.807, 2.05) is 36.6 Å². The molecule has 2 N–H and O–H groups in total. The molecule has 23 heavy (non-hydrogen) atoms. The van der Waals surface area contributed by atoms with Gasteiger partial charge in [-0.3, -0.25) is 9.59 Å². The van der Waals surface area contributed by atoms with Crippen LogP contribution in [0.3, 0.4) is 0 Å². The standard InChI is InChI=1S/C16H14N2O3S2/c1-8-3-5-10(6-4-8)11-7-22-14-12(11)13(19)17-16(18-14)23-9(2)15(20)21/h3-7,9H,1-2H3,(H,20,21)(H,17,18,19)/t9-/m1/s1. The van der Waals surface area contributed by atoms with Crippen LogP contribution in [0.5, 0.6) is 0 Å². The van der Waals surface area contributed by atoms with E-state index in [1.54, 1.807) is 6.92 Å². The van der Waals surface area contributed by atoms with E-state index in [2.05, 4.69) is 9.97 Å². The van der Waals surface area contributed by atoms with E-state index in [9.17, 15) is 9.59 Å². The molecule has 0 aliphatic heterocycles. The number of carboxylic acids is 1. The average Bonchev–Trinajstić information content (AvgIpc) is 2.92. The van der Waals surface area contributed by atoms with Crippen LogP contribution in [0.1, 0.15) is 12.5 Å². The molecule has 0 radical (unpaired) electrons. The fraction of sp³-hybridized carbons (Fsp3) is 0.188. The number of benzene rings is 1. The molecule has 0 bridgehead atoms. The zero-order chi connectivity index (χ0) is 16.6. The van der Waals surface area contributed by atoms with Gasteiger partial charge in [-0.15, -0.1) is 11.3 Å². The first-order chi connectivity index (χ1) is 11.0. The van der Waals surface area contributed by atoms with Gasteiger partial charge in [-0.05, 0) is 19.4 Å². The molecule has 1 atom stereocenters. The molecule has 0 unspecified atom stereocenters. The van der Waals surface area contributed by atoms with Crippen LogP contribution >= 0.6 is 23.1 Å². The van der Waals surface area contributed by atoms with E-state index in [0.717, 1.165) is 28.5 Å². The quantitative estimate of drug-likeness (QED) is 0.558. The Balaban J connectivity index is 2.06. The smallest absolute Gasteiger partial charge is 0.316 e. The molecule has 2 aromatic heterocycles. The highest BCUT2D eigenvalue weighted by molar-refractivity contribution is 8.00. The molecule has 0 fully saturated rings. The van der Waals surface area contributed by atoms with Gasteiger partial charge in [0.15, 0.2) is 5.16 Å². The minimum Gasteiger partial charge on any atom is -0.480 e. The van der Waals surface area contributed by atoms with Crippen LogP contribution in [0.4, 0.5) is 0 Å². The number of aromatic amines is 1. The van der Waals surface area contributed by atoms with Gasteiger partial charge in [-0.25, -0.2) is 4.98 Å². The molecule has 3 aromatic rings. The van der Waals surface area contributed by atoms with E-state index in [1.165, 1.54) is 11.3 Å². The Morgan fingerprint density at radius 3 is 2.70 bits per heavy atom. The summed E-state index contributed by atoms with van der Waals surface area (Å²) in [5, 5.41) is 11.1. The summed E-state index contributed by atoms with van der Waals surface area (Å²) in [6, 6.07) is 7.95. The van der Waals surface area contributed by atoms with Gasteiger partial charge >= 0.3 is 5.97 Å². The highest BCUT2D eigenvalue weighted by Crippen LogP contribution is 2.32. The molecule has 0 spiro atoms. The summed E-state index contributed by atoms with van der Waals surface area (Å²) in [6.07, 6.45) is 0. The molecule has 0 saturated heterocycles. The van der Waals surface area contributed by atoms with Gasteiger partial charge < -0.3 is 10.1 Å². The maximum absolute atomic E-state index is 12.4. The highest BCUT2D eigenvalue weighted by Gasteiger charge is 2.17. The Labute approximate surface area is 140 Å². The largest absolute Gasteiger partial charge is 0.480 e. The molecule has 118 valence electrons. The number of rotatable bonds is 4. The third-order valence-corrected chi connectivity index (χ3v) is 5.26. The summed E-state index contributed by atoms with van der Waals surface area (Å²) < 4.78 is 0. The summed E-state index contributed by atoms with van der Waals surface area (Å²) in [4.78, 5) is 31.0. The fourth-order valence-electron chi connectivity index (χ4n) is 2.15. The number of thiophene rings is 1. The number of aromatic nitrogens is 2. The van der Waals surface area contributed by atoms with Crippen molar-refractivity contribution >= 4 is 39.3 Å². The number of carbonyl (C=O) groups is 1. The number of H-pyrrole nitrogens is 1. The second-order valence-electron chi connectivity index (χ2n) is 5.16. The zero-order valence-electron chi connectivity index (χ0n) is 12.5. The van der Waals surface area contributed by atoms with Crippen molar-refractivity contribution < 1.29 is 9.90 Å². The molecule has 3 rings (SSSR count). The fourth-order valence-corrected chi connectivity index (χ4v) is 3.89. The molecule has 1 aromatic carbocycles. The van der Waals surface area contributed by atoms with Crippen LogP contribution in [0.25, 0.3) is 21.3 Å². The number of nitrogens with one attached hydrogen (secondary N) is 1. The van der Waals surface area contributed by atoms with Crippen LogP contribution in [-0.2, 0) is 4.79 Å². The Hall–Kier alpha value is -2.12. The molecule has 0 aliphatic rings. The Morgan fingerprint density at radius 2 is 2.04 bits per heavy atom. The first kappa shape index (κ1) is 15.8. The lowest BCUT2D eigenvalue weighted by Gasteiger charge is -2.05. The van der Waals surface area contributed by atoms with Crippen molar-refractivity contribution in [1.29, 1.82) is 0 Å². The topological polar surface area (TPSA) is 83.0 Å². The molecular weight excluding hydrogens is 332 g/mol. The highest BCUT2D eigenvalue weighted by atomic mass is 32.2. The van der Waals surface area contributed by atoms with Crippen molar-refractivity contribution in [3.63, 3.8) is 0 Å². The first-order valence-corrected chi connectivity index (χ1v) is 8.69. The molecule has 2 heterocycles. The van der Waals surface area contributed by atoms with Gasteiger partial charge in [0.25, 0.3) is 5.56 Å². The molecule has 0 saturated carbocycles. The lowest BCUT2D eigenvalue weighted by Crippen LogP contribution is -2.14. The number of carboxylic acid groups (broad SMARTS) is 1. The van der Waals surface area contributed by atoms with Crippen LogP contribution in [0, 0.1) is 6.92 Å². The maximum Gasteiger partial charge on any atom is 0.316 e. The molecule has 0 amide bonds. The van der Waals surface area contributed by atoms with Gasteiger partial charge in [-0.1, -0.05) is 41.6 Å². The predicted molar refractivity (Wildman–Crippen MR) is 93.4 cm³/mol. The first-order valence-electron chi connectivity index (χ1n) is 6.93. The Bertz CT molecular complexity index is 929. The van der Waals surface area contributed by atoms with Gasteiger partial charge in [0.2, 0.25) is 0 Å². The van der Waals surface area contributed by atoms with E-state index in [0.29, 0.717) is 15.4 Å². The number of aryl methyl sites for hydroxylation is 1. The normalized spacial score (nSPS) is 12.4. The van der Waals surface area contributed by atoms with E-state index < -0.39 is 11.2 Å². The van der Waals surface area contributed by atoms with Crippen LogP contribution in [-0.4, -0.2) is 26.3 Å². The summed E-state index contributed by atoms with van der Waals surface area (Å²) >= 11 is 2.41. The Morgan fingerprint density at radius 1 is 1.35 bits per heavy atom. The Kier molecular flexibility index (Phi) is 4.23. The van der Waals surface area contributed by atoms with Crippen molar-refractivity contribution in [2.45, 2.75) is 24.3 Å². The lowest BCUT2D eigenvalue weighted by molar-refractivity contribution is -0.136. The zero-order valence-corrected chi connectivity index (χ0v) is 14.1. The monoisotopic (exact) mass is 346 g/mol. The lowest BCUT2D eigenvalue weighted by atomic mass is 10.1. The SMILES string of the molecule is Cc1ccc(-c2csc3nc(S[C@H](C)C(=O)O)[nH]c(=O)c23)cc1. The minimum absolute atomic E-state index is 0.244. The van der Waals surface area contributed by atoms with Crippen molar-refractivity contribution in [2.75, 3.05) is 0 Å². The van der Waals surface area contributed by atoms with E-state index in [4.69, 9.17) is 5.11 Å². The number of fused-ring (bicyclic) bond motifs is 1. The van der Waals surface area contributed by atoms with Gasteiger partial charge in [0, 0.05) is 10.9 Å². The second kappa shape index (κ2) is 6.17. The summed E-state index contributed by atoms with van der Waals surface area (Å²) in [6.45, 7) is 3.57. The molecular formula is C16H14N2O3S2. The van der Waals surface area contributed by atoms with Crippen LogP contribution < -0.4 is 5.56 Å². The van der Waals surface area contributed by atoms with Crippen molar-refractivity contribution in [3.05, 3.63) is 45.6 Å². The molecule has 0 aliphatic carbocycles. The third kappa shape index (κ3) is 3.16. The average molecular weight is 346 g/mol. The van der Waals surface area contributed by atoms with Crippen molar-refractivity contribution in [1.82, 2.24) is 9.97 Å².